The Labute approximate surface area is 134 Å². The number of hydrogen-bond donors (Lipinski definition) is 0. The summed E-state index contributed by atoms with van der Waals surface area (Å²) in [5.41, 5.74) is 0.582. The van der Waals surface area contributed by atoms with Gasteiger partial charge in [-0.25, -0.2) is 8.42 Å². The van der Waals surface area contributed by atoms with E-state index in [1.165, 1.54) is 0 Å². The van der Waals surface area contributed by atoms with Crippen LogP contribution in [0.25, 0.3) is 0 Å². The van der Waals surface area contributed by atoms with Crippen molar-refractivity contribution in [3.8, 4) is 0 Å². The lowest BCUT2D eigenvalue weighted by atomic mass is 10.2. The van der Waals surface area contributed by atoms with Crippen molar-refractivity contribution in [1.82, 2.24) is 4.90 Å². The summed E-state index contributed by atoms with van der Waals surface area (Å²) in [7, 11) is -3.24. The first-order valence-electron chi connectivity index (χ1n) is 6.91. The van der Waals surface area contributed by atoms with Crippen LogP contribution in [0.1, 0.15) is 37.6 Å². The summed E-state index contributed by atoms with van der Waals surface area (Å²) in [5.74, 6) is -0.108. The average molecular weight is 374 g/mol. The lowest BCUT2D eigenvalue weighted by Crippen LogP contribution is -2.39. The van der Waals surface area contributed by atoms with Crippen molar-refractivity contribution in [3.63, 3.8) is 0 Å². The standard InChI is InChI=1S/C15H20BrNO3S/c1-15(2,3)21(19,20)13-7-8-17(10-13)14(18)11-5-4-6-12(16)9-11/h4-6,9,13H,7-8,10H2,1-3H3/t13-/m1/s1. The molecule has 1 fully saturated rings. The first kappa shape index (κ1) is 16.5. The normalized spacial score (nSPS) is 19.8. The van der Waals surface area contributed by atoms with Crippen molar-refractivity contribution in [1.29, 1.82) is 0 Å². The Bertz CT molecular complexity index is 649. The highest BCUT2D eigenvalue weighted by atomic mass is 79.9. The van der Waals surface area contributed by atoms with Gasteiger partial charge in [0.25, 0.3) is 5.91 Å². The Kier molecular flexibility index (Phi) is 4.49. The van der Waals surface area contributed by atoms with Crippen LogP contribution >= 0.6 is 15.9 Å². The zero-order valence-electron chi connectivity index (χ0n) is 12.5. The molecule has 0 radical (unpaired) electrons. The highest BCUT2D eigenvalue weighted by Crippen LogP contribution is 2.28. The van der Waals surface area contributed by atoms with Crippen molar-refractivity contribution < 1.29 is 13.2 Å². The SMILES string of the molecule is CC(C)(C)S(=O)(=O)[C@@H]1CCN(C(=O)c2cccc(Br)c2)C1. The van der Waals surface area contributed by atoms with Gasteiger partial charge in [0, 0.05) is 23.1 Å². The smallest absolute Gasteiger partial charge is 0.253 e. The van der Waals surface area contributed by atoms with E-state index in [0.717, 1.165) is 4.47 Å². The van der Waals surface area contributed by atoms with Gasteiger partial charge in [0.2, 0.25) is 0 Å². The molecule has 1 aliphatic rings. The lowest BCUT2D eigenvalue weighted by molar-refractivity contribution is 0.0793. The molecule has 1 heterocycles. The molecule has 1 saturated heterocycles. The molecule has 0 unspecified atom stereocenters. The van der Waals surface area contributed by atoms with Crippen LogP contribution in [0.5, 0.6) is 0 Å². The molecule has 116 valence electrons. The van der Waals surface area contributed by atoms with E-state index in [1.807, 2.05) is 6.07 Å². The minimum absolute atomic E-state index is 0.108. The molecular weight excluding hydrogens is 354 g/mol. The number of sulfone groups is 1. The topological polar surface area (TPSA) is 54.5 Å². The summed E-state index contributed by atoms with van der Waals surface area (Å²) in [5, 5.41) is -0.464. The Morgan fingerprint density at radius 2 is 2.00 bits per heavy atom. The maximum absolute atomic E-state index is 12.5. The van der Waals surface area contributed by atoms with E-state index in [4.69, 9.17) is 0 Å². The summed E-state index contributed by atoms with van der Waals surface area (Å²) in [4.78, 5) is 14.1. The van der Waals surface area contributed by atoms with Gasteiger partial charge in [-0.15, -0.1) is 0 Å². The number of carbonyl (C=O) groups is 1. The van der Waals surface area contributed by atoms with Gasteiger partial charge in [0.05, 0.1) is 10.00 Å². The molecule has 1 aromatic carbocycles. The van der Waals surface area contributed by atoms with Gasteiger partial charge in [-0.1, -0.05) is 22.0 Å². The van der Waals surface area contributed by atoms with Gasteiger partial charge in [-0.05, 0) is 45.4 Å². The molecule has 6 heteroatoms. The first-order valence-corrected chi connectivity index (χ1v) is 9.25. The van der Waals surface area contributed by atoms with Crippen molar-refractivity contribution in [2.75, 3.05) is 13.1 Å². The molecule has 2 rings (SSSR count). The second-order valence-electron chi connectivity index (χ2n) is 6.33. The number of nitrogens with zero attached hydrogens (tertiary/aromatic N) is 1. The lowest BCUT2D eigenvalue weighted by Gasteiger charge is -2.24. The van der Waals surface area contributed by atoms with Crippen LogP contribution in [-0.2, 0) is 9.84 Å². The van der Waals surface area contributed by atoms with Crippen molar-refractivity contribution in [3.05, 3.63) is 34.3 Å². The Morgan fingerprint density at radius 3 is 2.57 bits per heavy atom. The van der Waals surface area contributed by atoms with E-state index in [9.17, 15) is 13.2 Å². The van der Waals surface area contributed by atoms with E-state index in [2.05, 4.69) is 15.9 Å². The van der Waals surface area contributed by atoms with Gasteiger partial charge < -0.3 is 4.90 Å². The molecule has 1 aliphatic heterocycles. The third-order valence-electron chi connectivity index (χ3n) is 3.80. The molecule has 21 heavy (non-hydrogen) atoms. The molecule has 1 amide bonds. The molecule has 0 saturated carbocycles. The fourth-order valence-electron chi connectivity index (χ4n) is 2.47. The van der Waals surface area contributed by atoms with E-state index >= 15 is 0 Å². The third-order valence-corrected chi connectivity index (χ3v) is 7.26. The van der Waals surface area contributed by atoms with Gasteiger partial charge in [0.1, 0.15) is 0 Å². The zero-order chi connectivity index (χ0) is 15.8. The van der Waals surface area contributed by atoms with E-state index in [1.54, 1.807) is 43.9 Å². The Hall–Kier alpha value is -0.880. The van der Waals surface area contributed by atoms with Crippen LogP contribution in [0.4, 0.5) is 0 Å². The monoisotopic (exact) mass is 373 g/mol. The van der Waals surface area contributed by atoms with Crippen LogP contribution in [-0.4, -0.2) is 42.3 Å². The summed E-state index contributed by atoms with van der Waals surface area (Å²) in [6.45, 7) is 5.90. The number of hydrogen-bond acceptors (Lipinski definition) is 3. The van der Waals surface area contributed by atoms with Crippen molar-refractivity contribution in [2.24, 2.45) is 0 Å². The predicted octanol–water partition coefficient (Wildman–Crippen LogP) is 2.88. The fourth-order valence-corrected chi connectivity index (χ4v) is 4.66. The second-order valence-corrected chi connectivity index (χ2v) is 10.2. The van der Waals surface area contributed by atoms with E-state index in [0.29, 0.717) is 18.5 Å². The predicted molar refractivity (Wildman–Crippen MR) is 87.1 cm³/mol. The Morgan fingerprint density at radius 1 is 1.33 bits per heavy atom. The Balaban J connectivity index is 2.15. The summed E-state index contributed by atoms with van der Waals surface area (Å²) in [6, 6.07) is 7.16. The highest BCUT2D eigenvalue weighted by Gasteiger charge is 2.41. The second kappa shape index (κ2) is 5.72. The summed E-state index contributed by atoms with van der Waals surface area (Å²) < 4.78 is 25.0. The average Bonchev–Trinajstić information content (AvgIpc) is 2.86. The molecule has 1 aromatic rings. The maximum atomic E-state index is 12.5. The van der Waals surface area contributed by atoms with Gasteiger partial charge >= 0.3 is 0 Å². The maximum Gasteiger partial charge on any atom is 0.253 e. The molecule has 0 aromatic heterocycles. The molecule has 0 spiro atoms. The zero-order valence-corrected chi connectivity index (χ0v) is 14.9. The van der Waals surface area contributed by atoms with Crippen molar-refractivity contribution >= 4 is 31.7 Å². The van der Waals surface area contributed by atoms with E-state index < -0.39 is 19.8 Å². The molecule has 0 aliphatic carbocycles. The molecular formula is C15H20BrNO3S. The molecule has 1 atom stereocenters. The molecule has 0 N–H and O–H groups in total. The van der Waals surface area contributed by atoms with Gasteiger partial charge in [-0.2, -0.15) is 0 Å². The van der Waals surface area contributed by atoms with Crippen LogP contribution in [0, 0.1) is 0 Å². The quantitative estimate of drug-likeness (QED) is 0.800. The van der Waals surface area contributed by atoms with Crippen molar-refractivity contribution in [2.45, 2.75) is 37.2 Å². The van der Waals surface area contributed by atoms with Gasteiger partial charge in [0.15, 0.2) is 9.84 Å². The molecule has 0 bridgehead atoms. The highest BCUT2D eigenvalue weighted by molar-refractivity contribution is 9.10. The third kappa shape index (κ3) is 3.31. The number of likely N-dealkylation sites (tertiary alicyclic amines) is 1. The minimum Gasteiger partial charge on any atom is -0.337 e. The number of amides is 1. The van der Waals surface area contributed by atoms with Crippen LogP contribution < -0.4 is 0 Å². The van der Waals surface area contributed by atoms with Crippen LogP contribution in [0.2, 0.25) is 0 Å². The fraction of sp³-hybridized carbons (Fsp3) is 0.533. The number of halogens is 1. The summed E-state index contributed by atoms with van der Waals surface area (Å²) >= 11 is 3.34. The summed E-state index contributed by atoms with van der Waals surface area (Å²) in [6.07, 6.45) is 0.513. The number of carbonyl (C=O) groups excluding carboxylic acids is 1. The van der Waals surface area contributed by atoms with E-state index in [-0.39, 0.29) is 12.5 Å². The van der Waals surface area contributed by atoms with Crippen LogP contribution in [0.3, 0.4) is 0 Å². The number of rotatable bonds is 2. The first-order chi connectivity index (χ1) is 9.63. The molecule has 4 nitrogen and oxygen atoms in total. The van der Waals surface area contributed by atoms with Gasteiger partial charge in [-0.3, -0.25) is 4.79 Å². The number of benzene rings is 1. The minimum atomic E-state index is -3.24. The van der Waals surface area contributed by atoms with Crippen LogP contribution in [0.15, 0.2) is 28.7 Å². The largest absolute Gasteiger partial charge is 0.337 e.